The maximum Gasteiger partial charge on any atom is 0.282 e. The molecule has 4 rings (SSSR count). The number of para-hydroxylation sites is 1. The van der Waals surface area contributed by atoms with E-state index >= 15 is 0 Å². The third-order valence-electron chi connectivity index (χ3n) is 5.70. The Balaban J connectivity index is 1.26. The van der Waals surface area contributed by atoms with Crippen LogP contribution < -0.4 is 4.74 Å². The standard InChI is InChI=1S/C21H31N5O4S/c27-31(28,26-13-16-29-17-14-26)25-11-9-23(10-12-25)18-20-4-1-2-5-21(20)30-15-3-7-24-8-6-22-19-24/h1-2,4-6,8,19H,3,7,9-18H2. The first-order chi connectivity index (χ1) is 15.1. The molecule has 2 fully saturated rings. The van der Waals surface area contributed by atoms with Gasteiger partial charge in [0.2, 0.25) is 0 Å². The molecule has 3 heterocycles. The Hall–Kier alpha value is -1.98. The van der Waals surface area contributed by atoms with Crippen LogP contribution in [0.2, 0.25) is 0 Å². The van der Waals surface area contributed by atoms with Crippen LogP contribution in [0, 0.1) is 0 Å². The number of morpholine rings is 1. The van der Waals surface area contributed by atoms with E-state index in [4.69, 9.17) is 9.47 Å². The average Bonchev–Trinajstić information content (AvgIpc) is 3.32. The molecule has 0 bridgehead atoms. The second-order valence-corrected chi connectivity index (χ2v) is 9.73. The number of nitrogens with zero attached hydrogens (tertiary/aromatic N) is 5. The number of piperazine rings is 1. The zero-order chi connectivity index (χ0) is 21.5. The molecule has 31 heavy (non-hydrogen) atoms. The van der Waals surface area contributed by atoms with Crippen LogP contribution in [-0.4, -0.2) is 90.6 Å². The molecule has 0 N–H and O–H groups in total. The minimum atomic E-state index is -3.39. The number of aromatic nitrogens is 2. The predicted molar refractivity (Wildman–Crippen MR) is 117 cm³/mol. The first-order valence-corrected chi connectivity index (χ1v) is 12.2. The van der Waals surface area contributed by atoms with Crippen LogP contribution in [0.1, 0.15) is 12.0 Å². The summed E-state index contributed by atoms with van der Waals surface area (Å²) in [6.45, 7) is 6.52. The van der Waals surface area contributed by atoms with E-state index in [-0.39, 0.29) is 0 Å². The smallest absolute Gasteiger partial charge is 0.282 e. The Kier molecular flexibility index (Phi) is 7.57. The zero-order valence-electron chi connectivity index (χ0n) is 17.8. The highest BCUT2D eigenvalue weighted by atomic mass is 32.2. The van der Waals surface area contributed by atoms with Crippen LogP contribution in [0.15, 0.2) is 43.0 Å². The summed E-state index contributed by atoms with van der Waals surface area (Å²) in [6, 6.07) is 8.10. The number of hydrogen-bond acceptors (Lipinski definition) is 6. The highest BCUT2D eigenvalue weighted by Gasteiger charge is 2.33. The summed E-state index contributed by atoms with van der Waals surface area (Å²) in [5.74, 6) is 0.900. The molecular weight excluding hydrogens is 418 g/mol. The van der Waals surface area contributed by atoms with Gasteiger partial charge in [0.1, 0.15) is 5.75 Å². The molecule has 1 aromatic heterocycles. The van der Waals surface area contributed by atoms with Crippen LogP contribution in [0.5, 0.6) is 5.75 Å². The lowest BCUT2D eigenvalue weighted by atomic mass is 10.1. The molecule has 0 aliphatic carbocycles. The predicted octanol–water partition coefficient (Wildman–Crippen LogP) is 1.05. The monoisotopic (exact) mass is 449 g/mol. The molecule has 0 unspecified atom stereocenters. The molecule has 2 saturated heterocycles. The van der Waals surface area contributed by atoms with E-state index < -0.39 is 10.2 Å². The maximum absolute atomic E-state index is 12.8. The number of rotatable bonds is 9. The second-order valence-electron chi connectivity index (χ2n) is 7.80. The van der Waals surface area contributed by atoms with Crippen LogP contribution in [0.4, 0.5) is 0 Å². The molecule has 170 valence electrons. The Morgan fingerprint density at radius 3 is 2.48 bits per heavy atom. The number of hydrogen-bond donors (Lipinski definition) is 0. The first kappa shape index (κ1) is 22.2. The van der Waals surface area contributed by atoms with Gasteiger partial charge in [-0.2, -0.15) is 17.0 Å². The minimum Gasteiger partial charge on any atom is -0.493 e. The van der Waals surface area contributed by atoms with Crippen molar-refractivity contribution in [3.8, 4) is 5.75 Å². The van der Waals surface area contributed by atoms with Crippen molar-refractivity contribution in [2.45, 2.75) is 19.5 Å². The molecule has 2 aliphatic heterocycles. The summed E-state index contributed by atoms with van der Waals surface area (Å²) in [5, 5.41) is 0. The van der Waals surface area contributed by atoms with Crippen LogP contribution in [0.25, 0.3) is 0 Å². The molecule has 9 nitrogen and oxygen atoms in total. The van der Waals surface area contributed by atoms with Crippen molar-refractivity contribution in [2.24, 2.45) is 0 Å². The Bertz CT molecular complexity index is 908. The third-order valence-corrected chi connectivity index (χ3v) is 7.73. The maximum atomic E-state index is 12.8. The molecule has 0 atom stereocenters. The van der Waals surface area contributed by atoms with Gasteiger partial charge in [-0.3, -0.25) is 4.90 Å². The lowest BCUT2D eigenvalue weighted by molar-refractivity contribution is 0.0683. The summed E-state index contributed by atoms with van der Waals surface area (Å²) in [5.41, 5.74) is 1.13. The number of aryl methyl sites for hydroxylation is 1. The van der Waals surface area contributed by atoms with Crippen molar-refractivity contribution in [1.29, 1.82) is 0 Å². The van der Waals surface area contributed by atoms with Crippen LogP contribution >= 0.6 is 0 Å². The molecule has 2 aliphatic rings. The fraction of sp³-hybridized carbons (Fsp3) is 0.571. The second kappa shape index (κ2) is 10.6. The summed E-state index contributed by atoms with van der Waals surface area (Å²) >= 11 is 0. The van der Waals surface area contributed by atoms with Gasteiger partial charge in [-0.05, 0) is 12.5 Å². The van der Waals surface area contributed by atoms with Gasteiger partial charge < -0.3 is 14.0 Å². The van der Waals surface area contributed by atoms with Crippen LogP contribution in [-0.2, 0) is 28.0 Å². The molecule has 0 spiro atoms. The van der Waals surface area contributed by atoms with Gasteiger partial charge in [-0.25, -0.2) is 4.98 Å². The normalized spacial score (nSPS) is 19.5. The van der Waals surface area contributed by atoms with Gasteiger partial charge in [0, 0.05) is 70.3 Å². The van der Waals surface area contributed by atoms with E-state index in [1.54, 1.807) is 14.8 Å². The van der Waals surface area contributed by atoms with Gasteiger partial charge in [0.25, 0.3) is 10.2 Å². The van der Waals surface area contributed by atoms with Gasteiger partial charge in [-0.1, -0.05) is 18.2 Å². The van der Waals surface area contributed by atoms with Crippen molar-refractivity contribution >= 4 is 10.2 Å². The van der Waals surface area contributed by atoms with Crippen molar-refractivity contribution in [1.82, 2.24) is 23.1 Å². The molecular formula is C21H31N5O4S. The van der Waals surface area contributed by atoms with Crippen molar-refractivity contribution < 1.29 is 17.9 Å². The Morgan fingerprint density at radius 2 is 1.74 bits per heavy atom. The zero-order valence-corrected chi connectivity index (χ0v) is 18.6. The Labute approximate surface area is 184 Å². The highest BCUT2D eigenvalue weighted by molar-refractivity contribution is 7.86. The van der Waals surface area contributed by atoms with E-state index in [0.29, 0.717) is 59.1 Å². The number of ether oxygens (including phenoxy) is 2. The fourth-order valence-electron chi connectivity index (χ4n) is 3.92. The quantitative estimate of drug-likeness (QED) is 0.533. The highest BCUT2D eigenvalue weighted by Crippen LogP contribution is 2.22. The fourth-order valence-corrected chi connectivity index (χ4v) is 5.49. The van der Waals surface area contributed by atoms with Crippen molar-refractivity contribution in [3.05, 3.63) is 48.5 Å². The SMILES string of the molecule is O=S(=O)(N1CCOCC1)N1CCN(Cc2ccccc2OCCCn2ccnc2)CC1. The molecule has 0 radical (unpaired) electrons. The molecule has 0 amide bonds. The van der Waals surface area contributed by atoms with E-state index in [2.05, 4.69) is 16.0 Å². The summed E-state index contributed by atoms with van der Waals surface area (Å²) in [6.07, 6.45) is 6.45. The van der Waals surface area contributed by atoms with E-state index in [9.17, 15) is 8.42 Å². The van der Waals surface area contributed by atoms with E-state index in [0.717, 1.165) is 30.8 Å². The lowest BCUT2D eigenvalue weighted by Crippen LogP contribution is -2.54. The third kappa shape index (κ3) is 5.83. The summed E-state index contributed by atoms with van der Waals surface area (Å²) < 4.78 is 42.2. The Morgan fingerprint density at radius 1 is 1.00 bits per heavy atom. The molecule has 2 aromatic rings. The lowest BCUT2D eigenvalue weighted by Gasteiger charge is -2.37. The first-order valence-electron chi connectivity index (χ1n) is 10.8. The molecule has 1 aromatic carbocycles. The van der Waals surface area contributed by atoms with Gasteiger partial charge >= 0.3 is 0 Å². The summed E-state index contributed by atoms with van der Waals surface area (Å²) in [7, 11) is -3.39. The molecule has 10 heteroatoms. The number of benzene rings is 1. The van der Waals surface area contributed by atoms with Crippen LogP contribution in [0.3, 0.4) is 0 Å². The summed E-state index contributed by atoms with van der Waals surface area (Å²) in [4.78, 5) is 6.34. The topological polar surface area (TPSA) is 80.1 Å². The van der Waals surface area contributed by atoms with Crippen molar-refractivity contribution in [3.63, 3.8) is 0 Å². The van der Waals surface area contributed by atoms with E-state index in [1.165, 1.54) is 0 Å². The number of imidazole rings is 1. The van der Waals surface area contributed by atoms with Gasteiger partial charge in [0.15, 0.2) is 0 Å². The minimum absolute atomic E-state index is 0.439. The van der Waals surface area contributed by atoms with Gasteiger partial charge in [-0.15, -0.1) is 0 Å². The largest absolute Gasteiger partial charge is 0.493 e. The average molecular weight is 450 g/mol. The van der Waals surface area contributed by atoms with Crippen molar-refractivity contribution in [2.75, 3.05) is 59.1 Å². The van der Waals surface area contributed by atoms with Gasteiger partial charge in [0.05, 0.1) is 26.1 Å². The van der Waals surface area contributed by atoms with E-state index in [1.807, 2.05) is 35.3 Å². The molecule has 0 saturated carbocycles.